The molecule has 1 aromatic carbocycles. The highest BCUT2D eigenvalue weighted by molar-refractivity contribution is 6.60. The number of hydrogen-bond acceptors (Lipinski definition) is 4. The van der Waals surface area contributed by atoms with Gasteiger partial charge in [0.2, 0.25) is 0 Å². The summed E-state index contributed by atoms with van der Waals surface area (Å²) in [4.78, 5) is 0. The minimum atomic E-state index is -2.52. The van der Waals surface area contributed by atoms with Crippen molar-refractivity contribution in [2.24, 2.45) is 0 Å². The molecule has 0 aromatic heterocycles. The Bertz CT molecular complexity index is 495. The molecule has 1 fully saturated rings. The lowest BCUT2D eigenvalue weighted by Crippen LogP contribution is -2.46. The molecule has 27 heavy (non-hydrogen) atoms. The Morgan fingerprint density at radius 1 is 0.852 bits per heavy atom. The van der Waals surface area contributed by atoms with Gasteiger partial charge in [-0.15, -0.1) is 0 Å². The molecule has 0 N–H and O–H groups in total. The van der Waals surface area contributed by atoms with E-state index in [0.717, 1.165) is 31.9 Å². The van der Waals surface area contributed by atoms with E-state index in [1.807, 2.05) is 20.8 Å². The maximum Gasteiger partial charge on any atom is 0.501 e. The fraction of sp³-hybridized carbons (Fsp3) is 0.727. The van der Waals surface area contributed by atoms with Crippen molar-refractivity contribution in [3.63, 3.8) is 0 Å². The van der Waals surface area contributed by atoms with E-state index >= 15 is 0 Å². The number of ether oxygens (including phenoxy) is 1. The number of benzene rings is 1. The molecule has 1 saturated carbocycles. The van der Waals surface area contributed by atoms with E-state index in [2.05, 4.69) is 31.2 Å². The van der Waals surface area contributed by atoms with E-state index in [9.17, 15) is 0 Å². The molecule has 4 nitrogen and oxygen atoms in total. The van der Waals surface area contributed by atoms with Crippen LogP contribution in [0.25, 0.3) is 0 Å². The van der Waals surface area contributed by atoms with E-state index in [0.29, 0.717) is 31.8 Å². The third kappa shape index (κ3) is 7.31. The van der Waals surface area contributed by atoms with Crippen LogP contribution in [0.4, 0.5) is 0 Å². The Labute approximate surface area is 166 Å². The SMILES string of the molecule is CCO[Si](CCCO[C@H]1CC[C@H](c2ccc(C)cc2)CC1)(OCC)OCC. The van der Waals surface area contributed by atoms with Gasteiger partial charge in [-0.05, 0) is 71.3 Å². The topological polar surface area (TPSA) is 36.9 Å². The second-order valence-corrected chi connectivity index (χ2v) is 10.1. The van der Waals surface area contributed by atoms with Crippen molar-refractivity contribution < 1.29 is 18.0 Å². The van der Waals surface area contributed by atoms with Crippen LogP contribution in [0.5, 0.6) is 0 Å². The lowest BCUT2D eigenvalue weighted by Gasteiger charge is -2.30. The highest BCUT2D eigenvalue weighted by Gasteiger charge is 2.39. The van der Waals surface area contributed by atoms with Crippen molar-refractivity contribution in [1.29, 1.82) is 0 Å². The summed E-state index contributed by atoms with van der Waals surface area (Å²) in [6.45, 7) is 10.8. The summed E-state index contributed by atoms with van der Waals surface area (Å²) in [5, 5.41) is 0. The van der Waals surface area contributed by atoms with Gasteiger partial charge in [-0.3, -0.25) is 0 Å². The van der Waals surface area contributed by atoms with Crippen LogP contribution in [-0.4, -0.2) is 41.3 Å². The third-order valence-electron chi connectivity index (χ3n) is 5.30. The van der Waals surface area contributed by atoms with Crippen LogP contribution >= 0.6 is 0 Å². The smallest absolute Gasteiger partial charge is 0.378 e. The summed E-state index contributed by atoms with van der Waals surface area (Å²) in [5.74, 6) is 0.694. The highest BCUT2D eigenvalue weighted by atomic mass is 28.4. The van der Waals surface area contributed by atoms with E-state index < -0.39 is 8.80 Å². The molecule has 0 spiro atoms. The standard InChI is InChI=1S/C22H38O4Si/c1-5-24-27(25-6-2,26-7-3)18-8-17-23-22-15-13-21(14-16-22)20-11-9-19(4)10-12-20/h9-12,21-22H,5-8,13-18H2,1-4H3/t21-,22-. The zero-order valence-electron chi connectivity index (χ0n) is 17.7. The Morgan fingerprint density at radius 2 is 1.41 bits per heavy atom. The molecule has 5 heteroatoms. The first-order valence-corrected chi connectivity index (χ1v) is 12.7. The molecule has 1 aliphatic carbocycles. The van der Waals surface area contributed by atoms with Crippen molar-refractivity contribution in [3.8, 4) is 0 Å². The summed E-state index contributed by atoms with van der Waals surface area (Å²) < 4.78 is 23.9. The zero-order valence-corrected chi connectivity index (χ0v) is 18.7. The summed E-state index contributed by atoms with van der Waals surface area (Å²) in [6, 6.07) is 9.87. The lowest BCUT2D eigenvalue weighted by molar-refractivity contribution is 0.0202. The van der Waals surface area contributed by atoms with Crippen molar-refractivity contribution >= 4 is 8.80 Å². The molecule has 0 unspecified atom stereocenters. The molecule has 154 valence electrons. The van der Waals surface area contributed by atoms with Gasteiger partial charge in [-0.1, -0.05) is 29.8 Å². The average Bonchev–Trinajstić information content (AvgIpc) is 2.67. The average molecular weight is 395 g/mol. The van der Waals surface area contributed by atoms with Crippen LogP contribution < -0.4 is 0 Å². The van der Waals surface area contributed by atoms with Crippen LogP contribution in [0.2, 0.25) is 6.04 Å². The minimum Gasteiger partial charge on any atom is -0.378 e. The largest absolute Gasteiger partial charge is 0.501 e. The number of aryl methyl sites for hydroxylation is 1. The highest BCUT2D eigenvalue weighted by Crippen LogP contribution is 2.34. The molecule has 1 aliphatic rings. The van der Waals surface area contributed by atoms with E-state index in [4.69, 9.17) is 18.0 Å². The van der Waals surface area contributed by atoms with Crippen LogP contribution in [0.15, 0.2) is 24.3 Å². The minimum absolute atomic E-state index is 0.397. The number of hydrogen-bond donors (Lipinski definition) is 0. The van der Waals surface area contributed by atoms with Gasteiger partial charge < -0.3 is 18.0 Å². The molecular formula is C22H38O4Si. The molecule has 0 atom stereocenters. The Morgan fingerprint density at radius 3 is 1.93 bits per heavy atom. The number of rotatable bonds is 12. The molecule has 0 saturated heterocycles. The molecule has 0 amide bonds. The Kier molecular flexibility index (Phi) is 10.0. The predicted molar refractivity (Wildman–Crippen MR) is 112 cm³/mol. The molecule has 0 heterocycles. The van der Waals surface area contributed by atoms with E-state index in [-0.39, 0.29) is 0 Å². The molecule has 1 aromatic rings. The molecule has 0 radical (unpaired) electrons. The van der Waals surface area contributed by atoms with Gasteiger partial charge in [0.25, 0.3) is 0 Å². The second-order valence-electron chi connectivity index (χ2n) is 7.34. The monoisotopic (exact) mass is 394 g/mol. The van der Waals surface area contributed by atoms with Gasteiger partial charge in [0.1, 0.15) is 0 Å². The van der Waals surface area contributed by atoms with Gasteiger partial charge in [0.05, 0.1) is 6.10 Å². The van der Waals surface area contributed by atoms with Crippen LogP contribution in [-0.2, 0) is 18.0 Å². The molecule has 2 rings (SSSR count). The maximum atomic E-state index is 6.17. The van der Waals surface area contributed by atoms with Gasteiger partial charge in [0, 0.05) is 32.5 Å². The summed E-state index contributed by atoms with van der Waals surface area (Å²) >= 11 is 0. The fourth-order valence-corrected chi connectivity index (χ4v) is 6.52. The van der Waals surface area contributed by atoms with Crippen molar-refractivity contribution in [3.05, 3.63) is 35.4 Å². The predicted octanol–water partition coefficient (Wildman–Crippen LogP) is 5.48. The molecular weight excluding hydrogens is 356 g/mol. The van der Waals surface area contributed by atoms with Crippen LogP contribution in [0.3, 0.4) is 0 Å². The van der Waals surface area contributed by atoms with E-state index in [1.54, 1.807) is 0 Å². The third-order valence-corrected chi connectivity index (χ3v) is 8.45. The fourth-order valence-electron chi connectivity index (χ4n) is 3.94. The summed E-state index contributed by atoms with van der Waals surface area (Å²) in [6.07, 6.45) is 6.10. The van der Waals surface area contributed by atoms with Crippen molar-refractivity contribution in [1.82, 2.24) is 0 Å². The van der Waals surface area contributed by atoms with Gasteiger partial charge in [-0.25, -0.2) is 0 Å². The Balaban J connectivity index is 1.70. The first-order valence-electron chi connectivity index (χ1n) is 10.7. The maximum absolute atomic E-state index is 6.17. The van der Waals surface area contributed by atoms with Crippen molar-refractivity contribution in [2.75, 3.05) is 26.4 Å². The quantitative estimate of drug-likeness (QED) is 0.348. The lowest BCUT2D eigenvalue weighted by atomic mass is 9.82. The van der Waals surface area contributed by atoms with Crippen LogP contribution in [0, 0.1) is 6.92 Å². The zero-order chi connectivity index (χ0) is 19.5. The summed E-state index contributed by atoms with van der Waals surface area (Å²) in [7, 11) is -2.52. The van der Waals surface area contributed by atoms with Gasteiger partial charge in [-0.2, -0.15) is 0 Å². The normalized spacial score (nSPS) is 20.7. The van der Waals surface area contributed by atoms with Gasteiger partial charge >= 0.3 is 8.80 Å². The first-order chi connectivity index (χ1) is 13.1. The van der Waals surface area contributed by atoms with E-state index in [1.165, 1.54) is 24.0 Å². The molecule has 0 bridgehead atoms. The Hall–Kier alpha value is -0.723. The van der Waals surface area contributed by atoms with Crippen LogP contribution in [0.1, 0.15) is 69.9 Å². The molecule has 0 aliphatic heterocycles. The summed E-state index contributed by atoms with van der Waals surface area (Å²) in [5.41, 5.74) is 2.82. The van der Waals surface area contributed by atoms with Crippen molar-refractivity contribution in [2.45, 2.75) is 77.9 Å². The van der Waals surface area contributed by atoms with Gasteiger partial charge in [0.15, 0.2) is 0 Å². The second kappa shape index (κ2) is 12.0. The first kappa shape index (κ1) is 22.6.